The first-order chi connectivity index (χ1) is 4.14. The third kappa shape index (κ3) is 1.40. The molecule has 0 aromatic rings. The van der Waals surface area contributed by atoms with Crippen LogP contribution in [0.3, 0.4) is 0 Å². The fourth-order valence-corrected chi connectivity index (χ4v) is 2.14. The molecule has 0 saturated heterocycles. The van der Waals surface area contributed by atoms with Gasteiger partial charge in [-0.1, -0.05) is 5.92 Å². The van der Waals surface area contributed by atoms with Gasteiger partial charge in [0.15, 0.2) is 0 Å². The van der Waals surface area contributed by atoms with Gasteiger partial charge in [-0.25, -0.2) is 0 Å². The zero-order valence-electron chi connectivity index (χ0n) is 4.20. The third-order valence-electron chi connectivity index (χ3n) is 0.607. The molecule has 0 amide bonds. The molecule has 0 aromatic carbocycles. The van der Waals surface area contributed by atoms with Crippen LogP contribution in [0.2, 0.25) is 0 Å². The number of hydrogen-bond acceptors (Lipinski definition) is 4. The van der Waals surface area contributed by atoms with Crippen LogP contribution in [0.1, 0.15) is 0 Å². The van der Waals surface area contributed by atoms with Crippen molar-refractivity contribution in [3.63, 3.8) is 0 Å². The van der Waals surface area contributed by atoms with Gasteiger partial charge >= 0.3 is 9.15 Å². The van der Waals surface area contributed by atoms with Gasteiger partial charge in [0.1, 0.15) is 11.2 Å². The van der Waals surface area contributed by atoms with Crippen LogP contribution < -0.4 is 0 Å². The molecular formula is C4H2O3S2. The predicted molar refractivity (Wildman–Crippen MR) is 34.5 cm³/mol. The lowest BCUT2D eigenvalue weighted by Gasteiger charge is -1.85. The molecule has 0 bridgehead atoms. The summed E-state index contributed by atoms with van der Waals surface area (Å²) in [6.07, 6.45) is 5.91. The molecule has 3 nitrogen and oxygen atoms in total. The molecule has 1 rings (SSSR count). The van der Waals surface area contributed by atoms with Crippen molar-refractivity contribution >= 4 is 19.9 Å². The largest absolute Gasteiger partial charge is 0.380 e. The highest BCUT2D eigenvalue weighted by Gasteiger charge is 2.20. The summed E-state index contributed by atoms with van der Waals surface area (Å²) in [6.45, 7) is 0. The van der Waals surface area contributed by atoms with E-state index in [9.17, 15) is 8.42 Å². The van der Waals surface area contributed by atoms with Crippen molar-refractivity contribution in [2.75, 3.05) is 0 Å². The lowest BCUT2D eigenvalue weighted by molar-refractivity contribution is 0.464. The first-order valence-corrected chi connectivity index (χ1v) is 4.68. The standard InChI is InChI=1S/C4H2O3S2/c1-2-4-3-7-9(5,6)8-4/h1,3H. The van der Waals surface area contributed by atoms with Gasteiger partial charge < -0.3 is 4.18 Å². The molecule has 48 valence electrons. The Bertz CT molecular complexity index is 279. The second-order valence-corrected chi connectivity index (χ2v) is 4.55. The first-order valence-electron chi connectivity index (χ1n) is 1.93. The highest BCUT2D eigenvalue weighted by molar-refractivity contribution is 8.72. The summed E-state index contributed by atoms with van der Waals surface area (Å²) in [5.74, 6) is 2.14. The van der Waals surface area contributed by atoms with E-state index >= 15 is 0 Å². The Labute approximate surface area is 56.6 Å². The summed E-state index contributed by atoms with van der Waals surface area (Å²) in [4.78, 5) is 0.287. The summed E-state index contributed by atoms with van der Waals surface area (Å²) >= 11 is 0. The zero-order valence-corrected chi connectivity index (χ0v) is 5.83. The van der Waals surface area contributed by atoms with Gasteiger partial charge in [-0.05, 0) is 0 Å². The molecule has 1 aliphatic rings. The molecule has 0 unspecified atom stereocenters. The van der Waals surface area contributed by atoms with Gasteiger partial charge in [-0.15, -0.1) is 6.42 Å². The molecule has 1 heterocycles. The van der Waals surface area contributed by atoms with E-state index in [0.717, 1.165) is 6.26 Å². The Morgan fingerprint density at radius 1 is 1.78 bits per heavy atom. The average Bonchev–Trinajstić information content (AvgIpc) is 2.10. The van der Waals surface area contributed by atoms with Gasteiger partial charge in [0, 0.05) is 0 Å². The molecule has 9 heavy (non-hydrogen) atoms. The Balaban J connectivity index is 2.87. The molecule has 0 N–H and O–H groups in total. The second-order valence-electron chi connectivity index (χ2n) is 1.21. The van der Waals surface area contributed by atoms with E-state index in [2.05, 4.69) is 10.1 Å². The van der Waals surface area contributed by atoms with E-state index in [1.807, 2.05) is 0 Å². The van der Waals surface area contributed by atoms with E-state index in [1.165, 1.54) is 0 Å². The number of terminal acetylenes is 1. The summed E-state index contributed by atoms with van der Waals surface area (Å²) in [7, 11) is -2.88. The van der Waals surface area contributed by atoms with Crippen molar-refractivity contribution in [2.24, 2.45) is 0 Å². The van der Waals surface area contributed by atoms with Gasteiger partial charge in [0.05, 0.1) is 10.8 Å². The topological polar surface area (TPSA) is 43.4 Å². The van der Waals surface area contributed by atoms with Crippen LogP contribution in [0.15, 0.2) is 11.2 Å². The molecule has 0 radical (unpaired) electrons. The van der Waals surface area contributed by atoms with E-state index < -0.39 is 9.15 Å². The second kappa shape index (κ2) is 1.97. The Kier molecular flexibility index (Phi) is 1.43. The lowest BCUT2D eigenvalue weighted by Crippen LogP contribution is -1.86. The molecule has 1 aliphatic heterocycles. The maximum absolute atomic E-state index is 10.4. The Hall–Kier alpha value is -0.600. The SMILES string of the molecule is C#CC1=COS(=O)(=O)S1. The van der Waals surface area contributed by atoms with Crippen LogP contribution in [-0.2, 0) is 13.3 Å². The summed E-state index contributed by atoms with van der Waals surface area (Å²) in [5.41, 5.74) is 0. The monoisotopic (exact) mass is 162 g/mol. The summed E-state index contributed by atoms with van der Waals surface area (Å²) in [6, 6.07) is 0. The van der Waals surface area contributed by atoms with Gasteiger partial charge in [-0.3, -0.25) is 0 Å². The summed E-state index contributed by atoms with van der Waals surface area (Å²) in [5, 5.41) is 0. The minimum Gasteiger partial charge on any atom is -0.380 e. The molecule has 0 atom stereocenters. The minimum absolute atomic E-state index is 0.287. The van der Waals surface area contributed by atoms with Gasteiger partial charge in [-0.2, -0.15) is 8.42 Å². The van der Waals surface area contributed by atoms with Crippen molar-refractivity contribution in [1.82, 2.24) is 0 Å². The summed E-state index contributed by atoms with van der Waals surface area (Å²) < 4.78 is 25.0. The quantitative estimate of drug-likeness (QED) is 0.383. The molecular weight excluding hydrogens is 160 g/mol. The Morgan fingerprint density at radius 2 is 2.44 bits per heavy atom. The van der Waals surface area contributed by atoms with E-state index in [4.69, 9.17) is 6.42 Å². The van der Waals surface area contributed by atoms with Gasteiger partial charge in [0.25, 0.3) is 0 Å². The van der Waals surface area contributed by atoms with Crippen molar-refractivity contribution in [3.8, 4) is 12.3 Å². The lowest BCUT2D eigenvalue weighted by atomic mass is 10.6. The molecule has 0 aliphatic carbocycles. The Morgan fingerprint density at radius 3 is 2.67 bits per heavy atom. The van der Waals surface area contributed by atoms with Crippen LogP contribution in [0.25, 0.3) is 0 Å². The molecule has 0 saturated carbocycles. The van der Waals surface area contributed by atoms with Crippen LogP contribution >= 0.6 is 10.8 Å². The number of rotatable bonds is 0. The number of allylic oxidation sites excluding steroid dienone is 1. The molecule has 5 heteroatoms. The fourth-order valence-electron chi connectivity index (χ4n) is 0.310. The van der Waals surface area contributed by atoms with Crippen LogP contribution in [-0.4, -0.2) is 8.42 Å². The van der Waals surface area contributed by atoms with E-state index in [0.29, 0.717) is 10.8 Å². The third-order valence-corrected chi connectivity index (χ3v) is 2.92. The normalized spacial score (nSPS) is 21.9. The van der Waals surface area contributed by atoms with Crippen molar-refractivity contribution in [2.45, 2.75) is 0 Å². The van der Waals surface area contributed by atoms with E-state index in [-0.39, 0.29) is 4.91 Å². The van der Waals surface area contributed by atoms with Crippen molar-refractivity contribution in [3.05, 3.63) is 11.2 Å². The smallest absolute Gasteiger partial charge is 0.371 e. The maximum Gasteiger partial charge on any atom is 0.371 e. The maximum atomic E-state index is 10.4. The van der Waals surface area contributed by atoms with Crippen LogP contribution in [0.5, 0.6) is 0 Å². The van der Waals surface area contributed by atoms with Crippen molar-refractivity contribution < 1.29 is 12.6 Å². The van der Waals surface area contributed by atoms with Crippen molar-refractivity contribution in [1.29, 1.82) is 0 Å². The van der Waals surface area contributed by atoms with Crippen LogP contribution in [0.4, 0.5) is 0 Å². The van der Waals surface area contributed by atoms with Crippen LogP contribution in [0, 0.1) is 12.3 Å². The fraction of sp³-hybridized carbons (Fsp3) is 0. The first kappa shape index (κ1) is 6.52. The number of hydrogen-bond donors (Lipinski definition) is 0. The van der Waals surface area contributed by atoms with Gasteiger partial charge in [0.2, 0.25) is 0 Å². The minimum atomic E-state index is -3.43. The molecule has 0 aromatic heterocycles. The molecule has 0 spiro atoms. The average molecular weight is 162 g/mol. The molecule has 0 fully saturated rings. The predicted octanol–water partition coefficient (Wildman–Crippen LogP) is 0.469. The zero-order chi connectivity index (χ0) is 6.91. The highest BCUT2D eigenvalue weighted by Crippen LogP contribution is 2.30. The van der Waals surface area contributed by atoms with E-state index in [1.54, 1.807) is 0 Å². The highest BCUT2D eigenvalue weighted by atomic mass is 33.2.